The van der Waals surface area contributed by atoms with Crippen molar-refractivity contribution in [1.29, 1.82) is 0 Å². The van der Waals surface area contributed by atoms with E-state index in [2.05, 4.69) is 28.2 Å². The van der Waals surface area contributed by atoms with Crippen molar-refractivity contribution >= 4 is 5.91 Å². The standard InChI is InChI=1S/C18H24N4O3/c1-11-9-14(11)15-5-3-13(25-15)4-6-17(23)22-7-8-24-16(10-22)18-19-12(2)20-21-18/h3,5,11,14,16H,4,6-10H2,1-2H3,(H,19,20,21)/t11-,14+,16+/m1/s1. The average Bonchev–Trinajstić information content (AvgIpc) is 3.02. The molecule has 0 radical (unpaired) electrons. The van der Waals surface area contributed by atoms with E-state index in [1.54, 1.807) is 0 Å². The van der Waals surface area contributed by atoms with E-state index < -0.39 is 0 Å². The van der Waals surface area contributed by atoms with E-state index in [-0.39, 0.29) is 12.0 Å². The van der Waals surface area contributed by atoms with E-state index in [0.717, 1.165) is 23.3 Å². The van der Waals surface area contributed by atoms with Crippen LogP contribution in [0.5, 0.6) is 0 Å². The fraction of sp³-hybridized carbons (Fsp3) is 0.611. The Morgan fingerprint density at radius 1 is 1.44 bits per heavy atom. The molecule has 1 amide bonds. The van der Waals surface area contributed by atoms with E-state index in [4.69, 9.17) is 9.15 Å². The Bertz CT molecular complexity index is 753. The molecule has 7 nitrogen and oxygen atoms in total. The van der Waals surface area contributed by atoms with Crippen molar-refractivity contribution in [2.45, 2.75) is 45.1 Å². The van der Waals surface area contributed by atoms with Gasteiger partial charge in [0.15, 0.2) is 5.82 Å². The molecular formula is C18H24N4O3. The molecule has 134 valence electrons. The third-order valence-electron chi connectivity index (χ3n) is 5.06. The van der Waals surface area contributed by atoms with Gasteiger partial charge in [0, 0.05) is 25.3 Å². The minimum absolute atomic E-state index is 0.123. The summed E-state index contributed by atoms with van der Waals surface area (Å²) in [5, 5.41) is 6.96. The summed E-state index contributed by atoms with van der Waals surface area (Å²) in [5.74, 6) is 4.76. The second kappa shape index (κ2) is 6.63. The highest BCUT2D eigenvalue weighted by Crippen LogP contribution is 2.47. The van der Waals surface area contributed by atoms with E-state index in [9.17, 15) is 4.79 Å². The molecule has 1 aliphatic carbocycles. The van der Waals surface area contributed by atoms with Crippen LogP contribution >= 0.6 is 0 Å². The lowest BCUT2D eigenvalue weighted by atomic mass is 10.2. The van der Waals surface area contributed by atoms with Crippen LogP contribution in [-0.2, 0) is 16.0 Å². The zero-order valence-corrected chi connectivity index (χ0v) is 14.7. The fourth-order valence-electron chi connectivity index (χ4n) is 3.37. The number of morpholine rings is 1. The number of amides is 1. The van der Waals surface area contributed by atoms with E-state index in [1.807, 2.05) is 17.9 Å². The van der Waals surface area contributed by atoms with Crippen molar-refractivity contribution in [3.63, 3.8) is 0 Å². The molecular weight excluding hydrogens is 320 g/mol. The van der Waals surface area contributed by atoms with Crippen molar-refractivity contribution < 1.29 is 13.9 Å². The Balaban J connectivity index is 1.30. The molecule has 0 spiro atoms. The number of aryl methyl sites for hydroxylation is 2. The lowest BCUT2D eigenvalue weighted by Crippen LogP contribution is -2.42. The first-order chi connectivity index (χ1) is 12.1. The maximum Gasteiger partial charge on any atom is 0.223 e. The molecule has 7 heteroatoms. The van der Waals surface area contributed by atoms with Crippen LogP contribution in [0.4, 0.5) is 0 Å². The maximum absolute atomic E-state index is 12.5. The number of ether oxygens (including phenoxy) is 1. The zero-order chi connectivity index (χ0) is 17.4. The number of aromatic amines is 1. The molecule has 3 atom stereocenters. The van der Waals surface area contributed by atoms with Crippen LogP contribution in [0, 0.1) is 12.8 Å². The average molecular weight is 344 g/mol. The number of hydrogen-bond acceptors (Lipinski definition) is 5. The van der Waals surface area contributed by atoms with Crippen LogP contribution in [0.15, 0.2) is 16.5 Å². The summed E-state index contributed by atoms with van der Waals surface area (Å²) in [7, 11) is 0. The highest BCUT2D eigenvalue weighted by molar-refractivity contribution is 5.76. The van der Waals surface area contributed by atoms with Gasteiger partial charge in [-0.25, -0.2) is 4.98 Å². The Labute approximate surface area is 146 Å². The van der Waals surface area contributed by atoms with Gasteiger partial charge in [-0.05, 0) is 31.4 Å². The molecule has 2 aromatic rings. The van der Waals surface area contributed by atoms with Crippen molar-refractivity contribution in [3.05, 3.63) is 35.3 Å². The number of hydrogen-bond donors (Lipinski definition) is 1. The van der Waals surface area contributed by atoms with Crippen molar-refractivity contribution in [1.82, 2.24) is 20.1 Å². The molecule has 2 aliphatic rings. The van der Waals surface area contributed by atoms with Gasteiger partial charge in [-0.2, -0.15) is 5.10 Å². The van der Waals surface area contributed by atoms with Gasteiger partial charge >= 0.3 is 0 Å². The van der Waals surface area contributed by atoms with Gasteiger partial charge in [-0.15, -0.1) is 0 Å². The Hall–Kier alpha value is -2.15. The summed E-state index contributed by atoms with van der Waals surface area (Å²) in [6.45, 7) is 5.71. The quantitative estimate of drug-likeness (QED) is 0.900. The molecule has 4 rings (SSSR count). The molecule has 1 saturated carbocycles. The minimum atomic E-state index is -0.255. The molecule has 3 heterocycles. The van der Waals surface area contributed by atoms with Crippen molar-refractivity contribution in [2.24, 2.45) is 5.92 Å². The molecule has 1 N–H and O–H groups in total. The van der Waals surface area contributed by atoms with Gasteiger partial charge in [0.2, 0.25) is 5.91 Å². The van der Waals surface area contributed by atoms with Crippen LogP contribution < -0.4 is 0 Å². The highest BCUT2D eigenvalue weighted by Gasteiger charge is 2.36. The summed E-state index contributed by atoms with van der Waals surface area (Å²) in [4.78, 5) is 18.7. The smallest absolute Gasteiger partial charge is 0.223 e. The van der Waals surface area contributed by atoms with Crippen LogP contribution in [0.1, 0.15) is 55.0 Å². The third kappa shape index (κ3) is 3.61. The number of rotatable bonds is 5. The normalized spacial score (nSPS) is 26.0. The van der Waals surface area contributed by atoms with E-state index in [1.165, 1.54) is 6.42 Å². The Morgan fingerprint density at radius 3 is 3.00 bits per heavy atom. The zero-order valence-electron chi connectivity index (χ0n) is 14.7. The number of H-pyrrole nitrogens is 1. The van der Waals surface area contributed by atoms with Gasteiger partial charge in [0.05, 0.1) is 13.2 Å². The highest BCUT2D eigenvalue weighted by atomic mass is 16.5. The molecule has 1 aliphatic heterocycles. The number of furan rings is 1. The predicted octanol–water partition coefficient (Wildman–Crippen LogP) is 2.36. The largest absolute Gasteiger partial charge is 0.466 e. The van der Waals surface area contributed by atoms with Crippen LogP contribution in [0.3, 0.4) is 0 Å². The number of carbonyl (C=O) groups excluding carboxylic acids is 1. The summed E-state index contributed by atoms with van der Waals surface area (Å²) < 4.78 is 11.6. The van der Waals surface area contributed by atoms with Crippen molar-refractivity contribution in [2.75, 3.05) is 19.7 Å². The number of nitrogens with zero attached hydrogens (tertiary/aromatic N) is 3. The number of aromatic nitrogens is 3. The van der Waals surface area contributed by atoms with Crippen LogP contribution in [0.25, 0.3) is 0 Å². The lowest BCUT2D eigenvalue weighted by molar-refractivity contribution is -0.139. The van der Waals surface area contributed by atoms with Gasteiger partial charge in [0.25, 0.3) is 0 Å². The summed E-state index contributed by atoms with van der Waals surface area (Å²) in [6.07, 6.45) is 2.05. The molecule has 2 aromatic heterocycles. The van der Waals surface area contributed by atoms with E-state index >= 15 is 0 Å². The molecule has 0 aromatic carbocycles. The molecule has 25 heavy (non-hydrogen) atoms. The molecule has 0 unspecified atom stereocenters. The third-order valence-corrected chi connectivity index (χ3v) is 5.06. The van der Waals surface area contributed by atoms with Crippen LogP contribution in [0.2, 0.25) is 0 Å². The Kier molecular flexibility index (Phi) is 4.33. The lowest BCUT2D eigenvalue weighted by Gasteiger charge is -2.31. The molecule has 0 bridgehead atoms. The van der Waals surface area contributed by atoms with E-state index in [0.29, 0.717) is 44.3 Å². The Morgan fingerprint density at radius 2 is 2.28 bits per heavy atom. The van der Waals surface area contributed by atoms with Crippen molar-refractivity contribution in [3.8, 4) is 0 Å². The number of carbonyl (C=O) groups is 1. The topological polar surface area (TPSA) is 84.2 Å². The maximum atomic E-state index is 12.5. The molecule has 2 fully saturated rings. The SMILES string of the molecule is Cc1nc([C@@H]2CN(C(=O)CCc3ccc([C@H]4C[C@H]4C)o3)CCO2)n[nH]1. The second-order valence-electron chi connectivity index (χ2n) is 7.10. The monoisotopic (exact) mass is 344 g/mol. The van der Waals surface area contributed by atoms with Gasteiger partial charge in [0.1, 0.15) is 23.4 Å². The minimum Gasteiger partial charge on any atom is -0.466 e. The van der Waals surface area contributed by atoms with Crippen LogP contribution in [-0.4, -0.2) is 45.7 Å². The van der Waals surface area contributed by atoms with Gasteiger partial charge in [-0.1, -0.05) is 6.92 Å². The molecule has 1 saturated heterocycles. The summed E-state index contributed by atoms with van der Waals surface area (Å²) in [6, 6.07) is 4.07. The first-order valence-electron chi connectivity index (χ1n) is 8.97. The summed E-state index contributed by atoms with van der Waals surface area (Å²) in [5.41, 5.74) is 0. The van der Waals surface area contributed by atoms with Gasteiger partial charge < -0.3 is 14.1 Å². The predicted molar refractivity (Wildman–Crippen MR) is 89.9 cm³/mol. The first-order valence-corrected chi connectivity index (χ1v) is 8.97. The first kappa shape index (κ1) is 16.3. The second-order valence-corrected chi connectivity index (χ2v) is 7.10. The summed E-state index contributed by atoms with van der Waals surface area (Å²) >= 11 is 0. The van der Waals surface area contributed by atoms with Gasteiger partial charge in [-0.3, -0.25) is 9.89 Å². The fourth-order valence-corrected chi connectivity index (χ4v) is 3.37. The number of nitrogens with one attached hydrogen (secondary N) is 1.